The lowest BCUT2D eigenvalue weighted by Crippen LogP contribution is -2.41. The predicted octanol–water partition coefficient (Wildman–Crippen LogP) is 2.13. The number of aryl methyl sites for hydroxylation is 1. The monoisotopic (exact) mass is 343 g/mol. The molecule has 1 saturated heterocycles. The molecule has 132 valence electrons. The van der Waals surface area contributed by atoms with Gasteiger partial charge in [0.15, 0.2) is 5.82 Å². The van der Waals surface area contributed by atoms with E-state index in [1.165, 1.54) is 0 Å². The highest BCUT2D eigenvalue weighted by atomic mass is 16.5. The topological polar surface area (TPSA) is 84.7 Å². The van der Waals surface area contributed by atoms with Gasteiger partial charge in [-0.2, -0.15) is 0 Å². The van der Waals surface area contributed by atoms with Crippen LogP contribution in [0.5, 0.6) is 0 Å². The summed E-state index contributed by atoms with van der Waals surface area (Å²) in [6, 6.07) is 10.8. The van der Waals surface area contributed by atoms with Crippen molar-refractivity contribution in [2.45, 2.75) is 32.4 Å². The fourth-order valence-corrected chi connectivity index (χ4v) is 2.90. The lowest BCUT2D eigenvalue weighted by Gasteiger charge is -2.22. The number of esters is 1. The fraction of sp³-hybridized carbons (Fsp3) is 0.389. The molecule has 7 heteroatoms. The van der Waals surface area contributed by atoms with E-state index in [9.17, 15) is 9.59 Å². The van der Waals surface area contributed by atoms with Crippen LogP contribution in [0.2, 0.25) is 0 Å². The normalized spacial score (nSPS) is 17.4. The van der Waals surface area contributed by atoms with Crippen molar-refractivity contribution < 1.29 is 18.8 Å². The number of nitrogens with one attached hydrogen (secondary N) is 1. The number of likely N-dealkylation sites (tertiary alicyclic amines) is 1. The first kappa shape index (κ1) is 17.2. The van der Waals surface area contributed by atoms with Crippen molar-refractivity contribution >= 4 is 17.7 Å². The van der Waals surface area contributed by atoms with E-state index in [4.69, 9.17) is 9.26 Å². The molecule has 0 radical (unpaired) electrons. The number of anilines is 1. The summed E-state index contributed by atoms with van der Waals surface area (Å²) in [6.07, 6.45) is 1.56. The molecule has 1 amide bonds. The Morgan fingerprint density at radius 2 is 2.16 bits per heavy atom. The zero-order valence-electron chi connectivity index (χ0n) is 14.1. The number of amides is 1. The number of hydrogen-bond donors (Lipinski definition) is 1. The minimum absolute atomic E-state index is 0.122. The zero-order valence-corrected chi connectivity index (χ0v) is 14.1. The molecule has 25 heavy (non-hydrogen) atoms. The third kappa shape index (κ3) is 4.67. The smallest absolute Gasteiger partial charge is 0.323 e. The van der Waals surface area contributed by atoms with E-state index in [1.807, 2.05) is 35.2 Å². The summed E-state index contributed by atoms with van der Waals surface area (Å²) in [7, 11) is 0. The quantitative estimate of drug-likeness (QED) is 0.809. The molecular formula is C18H21N3O4. The maximum atomic E-state index is 12.3. The van der Waals surface area contributed by atoms with E-state index >= 15 is 0 Å². The Bertz CT molecular complexity index is 729. The number of carbonyl (C=O) groups excluding carboxylic acids is 2. The summed E-state index contributed by atoms with van der Waals surface area (Å²) in [6.45, 7) is 2.81. The molecule has 1 N–H and O–H groups in total. The molecule has 1 aromatic carbocycles. The second-order valence-corrected chi connectivity index (χ2v) is 6.09. The summed E-state index contributed by atoms with van der Waals surface area (Å²) in [5.41, 5.74) is 0.944. The van der Waals surface area contributed by atoms with Crippen molar-refractivity contribution in [2.24, 2.45) is 0 Å². The van der Waals surface area contributed by atoms with E-state index in [0.717, 1.165) is 12.0 Å². The van der Waals surface area contributed by atoms with Crippen LogP contribution in [0, 0.1) is 6.92 Å². The van der Waals surface area contributed by atoms with Crippen LogP contribution in [-0.2, 0) is 20.9 Å². The number of hydrogen-bond acceptors (Lipinski definition) is 6. The van der Waals surface area contributed by atoms with Gasteiger partial charge in [-0.3, -0.25) is 14.5 Å². The molecule has 1 aliphatic rings. The van der Waals surface area contributed by atoms with Gasteiger partial charge in [0.2, 0.25) is 5.91 Å². The predicted molar refractivity (Wildman–Crippen MR) is 90.7 cm³/mol. The summed E-state index contributed by atoms with van der Waals surface area (Å²) in [5, 5.41) is 6.40. The molecule has 2 heterocycles. The maximum Gasteiger partial charge on any atom is 0.323 e. The molecule has 1 unspecified atom stereocenters. The Hall–Kier alpha value is -2.67. The van der Waals surface area contributed by atoms with Crippen LogP contribution in [-0.4, -0.2) is 41.1 Å². The van der Waals surface area contributed by atoms with E-state index < -0.39 is 0 Å². The number of benzene rings is 1. The van der Waals surface area contributed by atoms with Crippen molar-refractivity contribution in [3.8, 4) is 0 Å². The zero-order chi connectivity index (χ0) is 17.6. The summed E-state index contributed by atoms with van der Waals surface area (Å²) in [4.78, 5) is 26.3. The molecule has 1 aromatic heterocycles. The third-order valence-electron chi connectivity index (χ3n) is 4.10. The van der Waals surface area contributed by atoms with E-state index in [-0.39, 0.29) is 31.1 Å². The number of rotatable bonds is 6. The highest BCUT2D eigenvalue weighted by Crippen LogP contribution is 2.19. The second-order valence-electron chi connectivity index (χ2n) is 6.09. The van der Waals surface area contributed by atoms with Gasteiger partial charge in [-0.05, 0) is 31.9 Å². The third-order valence-corrected chi connectivity index (χ3v) is 4.10. The minimum atomic E-state index is -0.381. The summed E-state index contributed by atoms with van der Waals surface area (Å²) in [5.74, 6) is 0.492. The van der Waals surface area contributed by atoms with Gasteiger partial charge < -0.3 is 14.6 Å². The number of nitrogens with zero attached hydrogens (tertiary/aromatic N) is 2. The molecule has 0 spiro atoms. The van der Waals surface area contributed by atoms with Crippen molar-refractivity contribution in [3.05, 3.63) is 47.7 Å². The Morgan fingerprint density at radius 1 is 1.36 bits per heavy atom. The van der Waals surface area contributed by atoms with Gasteiger partial charge in [0.05, 0.1) is 6.54 Å². The number of aromatic nitrogens is 1. The van der Waals surface area contributed by atoms with Crippen molar-refractivity contribution in [1.29, 1.82) is 0 Å². The molecule has 2 aromatic rings. The molecule has 1 aliphatic heterocycles. The van der Waals surface area contributed by atoms with Crippen LogP contribution >= 0.6 is 0 Å². The van der Waals surface area contributed by atoms with Gasteiger partial charge in [-0.15, -0.1) is 0 Å². The number of carbonyl (C=O) groups is 2. The van der Waals surface area contributed by atoms with Crippen LogP contribution in [0.25, 0.3) is 0 Å². The molecule has 0 saturated carbocycles. The molecule has 0 bridgehead atoms. The van der Waals surface area contributed by atoms with Crippen molar-refractivity contribution in [2.75, 3.05) is 18.4 Å². The van der Waals surface area contributed by atoms with Gasteiger partial charge in [0.1, 0.15) is 18.4 Å². The Labute approximate surface area is 145 Å². The molecule has 7 nitrogen and oxygen atoms in total. The summed E-state index contributed by atoms with van der Waals surface area (Å²) < 4.78 is 10.3. The fourth-order valence-electron chi connectivity index (χ4n) is 2.90. The van der Waals surface area contributed by atoms with Gasteiger partial charge in [-0.1, -0.05) is 35.5 Å². The van der Waals surface area contributed by atoms with Crippen LogP contribution in [0.1, 0.15) is 24.2 Å². The molecular weight excluding hydrogens is 322 g/mol. The van der Waals surface area contributed by atoms with Crippen molar-refractivity contribution in [1.82, 2.24) is 10.1 Å². The van der Waals surface area contributed by atoms with Gasteiger partial charge in [0, 0.05) is 6.07 Å². The van der Waals surface area contributed by atoms with Gasteiger partial charge in [0.25, 0.3) is 0 Å². The molecule has 3 rings (SSSR count). The highest BCUT2D eigenvalue weighted by Gasteiger charge is 2.33. The van der Waals surface area contributed by atoms with Crippen LogP contribution in [0.3, 0.4) is 0 Å². The maximum absolute atomic E-state index is 12.3. The average Bonchev–Trinajstić information content (AvgIpc) is 3.22. The first-order chi connectivity index (χ1) is 12.1. The Morgan fingerprint density at radius 3 is 2.88 bits per heavy atom. The first-order valence-corrected chi connectivity index (χ1v) is 8.29. The first-order valence-electron chi connectivity index (χ1n) is 8.29. The van der Waals surface area contributed by atoms with Gasteiger partial charge in [-0.25, -0.2) is 0 Å². The van der Waals surface area contributed by atoms with Crippen LogP contribution < -0.4 is 5.32 Å². The van der Waals surface area contributed by atoms with Gasteiger partial charge >= 0.3 is 5.97 Å². The van der Waals surface area contributed by atoms with E-state index in [2.05, 4.69) is 10.5 Å². The molecule has 0 aliphatic carbocycles. The van der Waals surface area contributed by atoms with E-state index in [1.54, 1.807) is 13.0 Å². The van der Waals surface area contributed by atoms with Crippen molar-refractivity contribution in [3.63, 3.8) is 0 Å². The second kappa shape index (κ2) is 7.94. The number of ether oxygens (including phenoxy) is 1. The SMILES string of the molecule is Cc1cc(NC(=O)CN2CCCC2C(=O)OCc2ccccc2)no1. The average molecular weight is 343 g/mol. The Kier molecular flexibility index (Phi) is 5.45. The largest absolute Gasteiger partial charge is 0.460 e. The van der Waals surface area contributed by atoms with Crippen LogP contribution in [0.4, 0.5) is 5.82 Å². The lowest BCUT2D eigenvalue weighted by molar-refractivity contribution is -0.150. The van der Waals surface area contributed by atoms with E-state index in [0.29, 0.717) is 24.5 Å². The standard InChI is InChI=1S/C18H21N3O4/c1-13-10-16(20-25-13)19-17(22)11-21-9-5-8-15(21)18(23)24-12-14-6-3-2-4-7-14/h2-4,6-7,10,15H,5,8-9,11-12H2,1H3,(H,19,20,22). The minimum Gasteiger partial charge on any atom is -0.460 e. The molecule has 1 atom stereocenters. The lowest BCUT2D eigenvalue weighted by atomic mass is 10.2. The molecule has 1 fully saturated rings. The summed E-state index contributed by atoms with van der Waals surface area (Å²) >= 11 is 0. The highest BCUT2D eigenvalue weighted by molar-refractivity contribution is 5.91. The Balaban J connectivity index is 1.51. The van der Waals surface area contributed by atoms with Crippen LogP contribution in [0.15, 0.2) is 40.9 Å².